The Kier molecular flexibility index (Phi) is 3.51. The number of carboxylic acids is 1. The van der Waals surface area contributed by atoms with Gasteiger partial charge in [0.05, 0.1) is 6.42 Å². The molecule has 2 aromatic carbocycles. The lowest BCUT2D eigenvalue weighted by atomic mass is 10.1. The number of carbonyl (C=O) groups is 1. The molecule has 0 radical (unpaired) electrons. The van der Waals surface area contributed by atoms with Gasteiger partial charge in [0.25, 0.3) is 0 Å². The van der Waals surface area contributed by atoms with E-state index in [0.29, 0.717) is 17.2 Å². The number of aliphatic carboxylic acids is 1. The number of para-hydroxylation sites is 1. The van der Waals surface area contributed by atoms with Gasteiger partial charge < -0.3 is 9.84 Å². The Balaban J connectivity index is 2.01. The third-order valence-electron chi connectivity index (χ3n) is 3.16. The standard InChI is InChI=1S/C17H13NO3/c19-16(20)11-13-6-2-4-8-15(13)21-17-14-7-3-1-5-12(14)9-10-18-17/h1-10H,11H2,(H,19,20). The fraction of sp³-hybridized carbons (Fsp3) is 0.0588. The highest BCUT2D eigenvalue weighted by atomic mass is 16.5. The fourth-order valence-corrected chi connectivity index (χ4v) is 2.19. The minimum Gasteiger partial charge on any atom is -0.481 e. The number of fused-ring (bicyclic) bond motifs is 1. The van der Waals surface area contributed by atoms with Crippen molar-refractivity contribution in [3.8, 4) is 11.6 Å². The summed E-state index contributed by atoms with van der Waals surface area (Å²) in [5.41, 5.74) is 0.625. The fourth-order valence-electron chi connectivity index (χ4n) is 2.19. The second-order valence-corrected chi connectivity index (χ2v) is 4.62. The van der Waals surface area contributed by atoms with Gasteiger partial charge in [-0.25, -0.2) is 4.98 Å². The zero-order chi connectivity index (χ0) is 14.7. The number of nitrogens with zero attached hydrogens (tertiary/aromatic N) is 1. The number of aromatic nitrogens is 1. The van der Waals surface area contributed by atoms with E-state index in [0.717, 1.165) is 10.8 Å². The maximum Gasteiger partial charge on any atom is 0.307 e. The van der Waals surface area contributed by atoms with E-state index in [2.05, 4.69) is 4.98 Å². The molecule has 0 amide bonds. The summed E-state index contributed by atoms with van der Waals surface area (Å²) in [5.74, 6) is 0.103. The van der Waals surface area contributed by atoms with Crippen molar-refractivity contribution in [3.63, 3.8) is 0 Å². The molecule has 1 N–H and O–H groups in total. The van der Waals surface area contributed by atoms with Crippen LogP contribution in [0.3, 0.4) is 0 Å². The average Bonchev–Trinajstić information content (AvgIpc) is 2.49. The lowest BCUT2D eigenvalue weighted by Gasteiger charge is -2.10. The lowest BCUT2D eigenvalue weighted by Crippen LogP contribution is -2.02. The number of carboxylic acid groups (broad SMARTS) is 1. The van der Waals surface area contributed by atoms with Crippen LogP contribution in [-0.4, -0.2) is 16.1 Å². The Morgan fingerprint density at radius 2 is 1.81 bits per heavy atom. The highest BCUT2D eigenvalue weighted by molar-refractivity contribution is 5.86. The van der Waals surface area contributed by atoms with Gasteiger partial charge in [-0.15, -0.1) is 0 Å². The molecule has 0 saturated heterocycles. The Hall–Kier alpha value is -2.88. The molecule has 4 nitrogen and oxygen atoms in total. The van der Waals surface area contributed by atoms with Crippen LogP contribution in [0.4, 0.5) is 0 Å². The van der Waals surface area contributed by atoms with E-state index in [9.17, 15) is 4.79 Å². The second kappa shape index (κ2) is 5.63. The molecule has 3 aromatic rings. The molecule has 0 saturated carbocycles. The van der Waals surface area contributed by atoms with E-state index in [1.807, 2.05) is 36.4 Å². The summed E-state index contributed by atoms with van der Waals surface area (Å²) in [6, 6.07) is 16.8. The van der Waals surface area contributed by atoms with Crippen molar-refractivity contribution in [1.29, 1.82) is 0 Å². The number of hydrogen-bond acceptors (Lipinski definition) is 3. The Morgan fingerprint density at radius 1 is 1.05 bits per heavy atom. The van der Waals surface area contributed by atoms with E-state index < -0.39 is 5.97 Å². The molecule has 0 fully saturated rings. The van der Waals surface area contributed by atoms with E-state index in [4.69, 9.17) is 9.84 Å². The average molecular weight is 279 g/mol. The van der Waals surface area contributed by atoms with E-state index in [1.165, 1.54) is 0 Å². The van der Waals surface area contributed by atoms with Crippen LogP contribution in [0.2, 0.25) is 0 Å². The number of pyridine rings is 1. The Bertz CT molecular complexity index is 793. The minimum absolute atomic E-state index is 0.0824. The van der Waals surface area contributed by atoms with Crippen molar-refractivity contribution >= 4 is 16.7 Å². The van der Waals surface area contributed by atoms with Crippen molar-refractivity contribution in [2.24, 2.45) is 0 Å². The van der Waals surface area contributed by atoms with E-state index in [-0.39, 0.29) is 6.42 Å². The molecule has 0 aliphatic carbocycles. The topological polar surface area (TPSA) is 59.4 Å². The van der Waals surface area contributed by atoms with Gasteiger partial charge >= 0.3 is 5.97 Å². The van der Waals surface area contributed by atoms with Crippen LogP contribution in [0, 0.1) is 0 Å². The molecule has 0 atom stereocenters. The predicted molar refractivity (Wildman–Crippen MR) is 79.6 cm³/mol. The molecule has 21 heavy (non-hydrogen) atoms. The number of rotatable bonds is 4. The van der Waals surface area contributed by atoms with Crippen molar-refractivity contribution in [2.45, 2.75) is 6.42 Å². The van der Waals surface area contributed by atoms with Gasteiger partial charge in [0.15, 0.2) is 0 Å². The summed E-state index contributed by atoms with van der Waals surface area (Å²) in [6.45, 7) is 0. The summed E-state index contributed by atoms with van der Waals surface area (Å²) in [7, 11) is 0. The van der Waals surface area contributed by atoms with Crippen LogP contribution in [0.1, 0.15) is 5.56 Å². The first-order chi connectivity index (χ1) is 10.2. The molecule has 0 bridgehead atoms. The molecular formula is C17H13NO3. The van der Waals surface area contributed by atoms with E-state index in [1.54, 1.807) is 24.4 Å². The van der Waals surface area contributed by atoms with Gasteiger partial charge in [-0.05, 0) is 23.6 Å². The minimum atomic E-state index is -0.892. The first kappa shape index (κ1) is 13.1. The smallest absolute Gasteiger partial charge is 0.307 e. The summed E-state index contributed by atoms with van der Waals surface area (Å²) in [4.78, 5) is 15.2. The van der Waals surface area contributed by atoms with Crippen molar-refractivity contribution < 1.29 is 14.6 Å². The molecule has 0 unspecified atom stereocenters. The van der Waals surface area contributed by atoms with Gasteiger partial charge in [0.2, 0.25) is 5.88 Å². The molecule has 0 aliphatic rings. The van der Waals surface area contributed by atoms with Crippen molar-refractivity contribution in [2.75, 3.05) is 0 Å². The monoisotopic (exact) mass is 279 g/mol. The predicted octanol–water partition coefficient (Wildman–Crippen LogP) is 3.65. The van der Waals surface area contributed by atoms with Gasteiger partial charge in [0.1, 0.15) is 5.75 Å². The Morgan fingerprint density at radius 3 is 2.67 bits per heavy atom. The summed E-state index contributed by atoms with van der Waals surface area (Å²) in [5, 5.41) is 10.9. The van der Waals surface area contributed by atoms with Gasteiger partial charge in [-0.2, -0.15) is 0 Å². The van der Waals surface area contributed by atoms with Crippen molar-refractivity contribution in [3.05, 3.63) is 66.4 Å². The van der Waals surface area contributed by atoms with Gasteiger partial charge in [0, 0.05) is 17.1 Å². The SMILES string of the molecule is O=C(O)Cc1ccccc1Oc1nccc2ccccc12. The zero-order valence-corrected chi connectivity index (χ0v) is 11.2. The van der Waals surface area contributed by atoms with Gasteiger partial charge in [-0.1, -0.05) is 36.4 Å². The van der Waals surface area contributed by atoms with Crippen LogP contribution in [0.15, 0.2) is 60.8 Å². The normalized spacial score (nSPS) is 10.5. The third-order valence-corrected chi connectivity index (χ3v) is 3.16. The molecule has 104 valence electrons. The first-order valence-corrected chi connectivity index (χ1v) is 6.55. The molecule has 4 heteroatoms. The van der Waals surface area contributed by atoms with Gasteiger partial charge in [-0.3, -0.25) is 4.79 Å². The number of benzene rings is 2. The third kappa shape index (κ3) is 2.84. The molecular weight excluding hydrogens is 266 g/mol. The molecule has 0 aliphatic heterocycles. The molecule has 1 heterocycles. The van der Waals surface area contributed by atoms with Crippen LogP contribution < -0.4 is 4.74 Å². The lowest BCUT2D eigenvalue weighted by molar-refractivity contribution is -0.136. The summed E-state index contributed by atoms with van der Waals surface area (Å²) >= 11 is 0. The quantitative estimate of drug-likeness (QED) is 0.791. The summed E-state index contributed by atoms with van der Waals surface area (Å²) in [6.07, 6.45) is 1.60. The second-order valence-electron chi connectivity index (χ2n) is 4.62. The van der Waals surface area contributed by atoms with Crippen LogP contribution in [0.25, 0.3) is 10.8 Å². The molecule has 1 aromatic heterocycles. The Labute approximate surface area is 121 Å². The zero-order valence-electron chi connectivity index (χ0n) is 11.2. The van der Waals surface area contributed by atoms with Crippen LogP contribution in [-0.2, 0) is 11.2 Å². The highest BCUT2D eigenvalue weighted by Crippen LogP contribution is 2.29. The molecule has 0 spiro atoms. The largest absolute Gasteiger partial charge is 0.481 e. The summed E-state index contributed by atoms with van der Waals surface area (Å²) < 4.78 is 5.85. The number of hydrogen-bond donors (Lipinski definition) is 1. The molecule has 3 rings (SSSR count). The first-order valence-electron chi connectivity index (χ1n) is 6.55. The van der Waals surface area contributed by atoms with Crippen LogP contribution in [0.5, 0.6) is 11.6 Å². The van der Waals surface area contributed by atoms with Crippen molar-refractivity contribution in [1.82, 2.24) is 4.98 Å². The maximum atomic E-state index is 10.9. The number of ether oxygens (including phenoxy) is 1. The van der Waals surface area contributed by atoms with Crippen LogP contribution >= 0.6 is 0 Å². The highest BCUT2D eigenvalue weighted by Gasteiger charge is 2.10. The maximum absolute atomic E-state index is 10.9. The van der Waals surface area contributed by atoms with E-state index >= 15 is 0 Å².